The van der Waals surface area contributed by atoms with Crippen LogP contribution < -0.4 is 5.32 Å². The Morgan fingerprint density at radius 3 is 3.06 bits per heavy atom. The first-order chi connectivity index (χ1) is 8.72. The first kappa shape index (κ1) is 12.3. The van der Waals surface area contributed by atoms with Crippen molar-refractivity contribution in [3.05, 3.63) is 35.0 Å². The van der Waals surface area contributed by atoms with E-state index in [9.17, 15) is 4.79 Å². The van der Waals surface area contributed by atoms with Gasteiger partial charge in [-0.05, 0) is 19.1 Å². The monoisotopic (exact) mass is 257 g/mol. The lowest BCUT2D eigenvalue weighted by Gasteiger charge is -1.97. The van der Waals surface area contributed by atoms with E-state index in [4.69, 9.17) is 6.42 Å². The van der Waals surface area contributed by atoms with Crippen molar-refractivity contribution in [2.45, 2.75) is 6.92 Å². The van der Waals surface area contributed by atoms with Crippen LogP contribution in [-0.2, 0) is 0 Å². The lowest BCUT2D eigenvalue weighted by atomic mass is 10.3. The van der Waals surface area contributed by atoms with E-state index in [2.05, 4.69) is 21.2 Å². The molecular formula is C13H11N3OS. The highest BCUT2D eigenvalue weighted by Crippen LogP contribution is 2.26. The molecule has 0 aliphatic carbocycles. The fourth-order valence-corrected chi connectivity index (χ4v) is 2.38. The number of hydrogen-bond donors (Lipinski definition) is 1. The van der Waals surface area contributed by atoms with Crippen molar-refractivity contribution in [1.82, 2.24) is 15.3 Å². The maximum Gasteiger partial charge on any atom is 0.264 e. The molecule has 0 bridgehead atoms. The van der Waals surface area contributed by atoms with Crippen LogP contribution in [0.15, 0.2) is 24.4 Å². The Hall–Kier alpha value is -2.19. The average Bonchev–Trinajstić information content (AvgIpc) is 2.79. The molecule has 0 aliphatic rings. The Morgan fingerprint density at radius 1 is 1.56 bits per heavy atom. The van der Waals surface area contributed by atoms with Gasteiger partial charge < -0.3 is 5.32 Å². The van der Waals surface area contributed by atoms with Crippen molar-refractivity contribution in [1.29, 1.82) is 0 Å². The maximum absolute atomic E-state index is 11.8. The first-order valence-electron chi connectivity index (χ1n) is 5.33. The Labute approximate surface area is 109 Å². The number of aryl methyl sites for hydroxylation is 1. The number of rotatable bonds is 3. The van der Waals surface area contributed by atoms with E-state index < -0.39 is 0 Å². The molecule has 0 radical (unpaired) electrons. The molecule has 2 aromatic heterocycles. The van der Waals surface area contributed by atoms with Gasteiger partial charge >= 0.3 is 0 Å². The SMILES string of the molecule is C#CCNC(=O)c1sc(-c2ccccn2)nc1C. The van der Waals surface area contributed by atoms with E-state index in [0.717, 1.165) is 10.7 Å². The molecule has 0 aliphatic heterocycles. The molecule has 5 heteroatoms. The van der Waals surface area contributed by atoms with Crippen LogP contribution in [0.4, 0.5) is 0 Å². The molecule has 4 nitrogen and oxygen atoms in total. The maximum atomic E-state index is 11.8. The quantitative estimate of drug-likeness (QED) is 0.854. The van der Waals surface area contributed by atoms with Gasteiger partial charge in [0.25, 0.3) is 5.91 Å². The van der Waals surface area contributed by atoms with Crippen LogP contribution in [-0.4, -0.2) is 22.4 Å². The summed E-state index contributed by atoms with van der Waals surface area (Å²) in [7, 11) is 0. The summed E-state index contributed by atoms with van der Waals surface area (Å²) in [5.41, 5.74) is 1.46. The van der Waals surface area contributed by atoms with Gasteiger partial charge in [-0.1, -0.05) is 12.0 Å². The fraction of sp³-hybridized carbons (Fsp3) is 0.154. The lowest BCUT2D eigenvalue weighted by Crippen LogP contribution is -2.23. The van der Waals surface area contributed by atoms with Gasteiger partial charge in [0.05, 0.1) is 17.9 Å². The second-order valence-electron chi connectivity index (χ2n) is 3.54. The van der Waals surface area contributed by atoms with Crippen LogP contribution >= 0.6 is 11.3 Å². The summed E-state index contributed by atoms with van der Waals surface area (Å²) in [4.78, 5) is 20.9. The van der Waals surface area contributed by atoms with Gasteiger partial charge in [0.2, 0.25) is 0 Å². The first-order valence-corrected chi connectivity index (χ1v) is 6.14. The highest BCUT2D eigenvalue weighted by atomic mass is 32.1. The summed E-state index contributed by atoms with van der Waals surface area (Å²) in [5, 5.41) is 3.36. The Kier molecular flexibility index (Phi) is 3.70. The van der Waals surface area contributed by atoms with Crippen molar-refractivity contribution in [3.8, 4) is 23.0 Å². The Balaban J connectivity index is 2.28. The standard InChI is InChI=1S/C13H11N3OS/c1-3-7-15-12(17)11-9(2)16-13(18-11)10-6-4-5-8-14-10/h1,4-6,8H,7H2,2H3,(H,15,17). The average molecular weight is 257 g/mol. The molecule has 0 atom stereocenters. The number of nitrogens with one attached hydrogen (secondary N) is 1. The smallest absolute Gasteiger partial charge is 0.264 e. The van der Waals surface area contributed by atoms with Crippen LogP contribution in [0.3, 0.4) is 0 Å². The second kappa shape index (κ2) is 5.43. The van der Waals surface area contributed by atoms with E-state index in [1.54, 1.807) is 13.1 Å². The van der Waals surface area contributed by atoms with Crippen molar-refractivity contribution in [3.63, 3.8) is 0 Å². The molecule has 1 amide bonds. The van der Waals surface area contributed by atoms with E-state index in [-0.39, 0.29) is 12.5 Å². The van der Waals surface area contributed by atoms with Crippen molar-refractivity contribution >= 4 is 17.2 Å². The number of terminal acetylenes is 1. The minimum atomic E-state index is -0.190. The van der Waals surface area contributed by atoms with Crippen molar-refractivity contribution in [2.24, 2.45) is 0 Å². The number of nitrogens with zero attached hydrogens (tertiary/aromatic N) is 2. The summed E-state index contributed by atoms with van der Waals surface area (Å²) in [5.74, 6) is 2.18. The lowest BCUT2D eigenvalue weighted by molar-refractivity contribution is 0.0962. The van der Waals surface area contributed by atoms with Crippen LogP contribution in [0.25, 0.3) is 10.7 Å². The summed E-state index contributed by atoms with van der Waals surface area (Å²) < 4.78 is 0. The molecule has 0 unspecified atom stereocenters. The van der Waals surface area contributed by atoms with Gasteiger partial charge in [0.15, 0.2) is 0 Å². The number of carbonyl (C=O) groups is 1. The highest BCUT2D eigenvalue weighted by molar-refractivity contribution is 7.17. The van der Waals surface area contributed by atoms with Crippen LogP contribution in [0, 0.1) is 19.3 Å². The van der Waals surface area contributed by atoms with Crippen LogP contribution in [0.2, 0.25) is 0 Å². The van der Waals surface area contributed by atoms with Crippen LogP contribution in [0.5, 0.6) is 0 Å². The number of aromatic nitrogens is 2. The molecule has 18 heavy (non-hydrogen) atoms. The number of hydrogen-bond acceptors (Lipinski definition) is 4. The fourth-order valence-electron chi connectivity index (χ4n) is 1.42. The minimum absolute atomic E-state index is 0.190. The molecule has 0 spiro atoms. The predicted octanol–water partition coefficient (Wildman–Crippen LogP) is 1.88. The molecule has 0 aromatic carbocycles. The van der Waals surface area contributed by atoms with E-state index >= 15 is 0 Å². The van der Waals surface area contributed by atoms with Gasteiger partial charge in [0, 0.05) is 6.20 Å². The van der Waals surface area contributed by atoms with Crippen LogP contribution in [0.1, 0.15) is 15.4 Å². The van der Waals surface area contributed by atoms with Gasteiger partial charge in [0.1, 0.15) is 9.88 Å². The van der Waals surface area contributed by atoms with Crippen molar-refractivity contribution in [2.75, 3.05) is 6.54 Å². The van der Waals surface area contributed by atoms with E-state index in [1.807, 2.05) is 18.2 Å². The normalized spacial score (nSPS) is 9.78. The molecule has 0 saturated carbocycles. The van der Waals surface area contributed by atoms with Gasteiger partial charge in [-0.2, -0.15) is 0 Å². The third-order valence-corrected chi connectivity index (χ3v) is 3.42. The van der Waals surface area contributed by atoms with Gasteiger partial charge in [-0.15, -0.1) is 17.8 Å². The Bertz CT molecular complexity index is 598. The third-order valence-electron chi connectivity index (χ3n) is 2.24. The Morgan fingerprint density at radius 2 is 2.39 bits per heavy atom. The molecule has 2 aromatic rings. The summed E-state index contributed by atoms with van der Waals surface area (Å²) in [6.45, 7) is 2.02. The zero-order valence-corrected chi connectivity index (χ0v) is 10.6. The number of pyridine rings is 1. The second-order valence-corrected chi connectivity index (χ2v) is 4.53. The third kappa shape index (κ3) is 2.55. The zero-order valence-electron chi connectivity index (χ0n) is 9.80. The molecule has 90 valence electrons. The van der Waals surface area contributed by atoms with E-state index in [0.29, 0.717) is 10.6 Å². The molecule has 0 saturated heterocycles. The highest BCUT2D eigenvalue weighted by Gasteiger charge is 2.15. The molecular weight excluding hydrogens is 246 g/mol. The molecule has 2 heterocycles. The zero-order chi connectivity index (χ0) is 13.0. The number of amides is 1. The summed E-state index contributed by atoms with van der Waals surface area (Å²) in [6.07, 6.45) is 6.80. The number of carbonyl (C=O) groups excluding carboxylic acids is 1. The number of thiazole rings is 1. The predicted molar refractivity (Wildman–Crippen MR) is 71.2 cm³/mol. The summed E-state index contributed by atoms with van der Waals surface area (Å²) >= 11 is 1.32. The molecule has 1 N–H and O–H groups in total. The summed E-state index contributed by atoms with van der Waals surface area (Å²) in [6, 6.07) is 5.59. The van der Waals surface area contributed by atoms with Gasteiger partial charge in [-0.25, -0.2) is 4.98 Å². The topological polar surface area (TPSA) is 54.9 Å². The molecule has 2 rings (SSSR count). The largest absolute Gasteiger partial charge is 0.340 e. The van der Waals surface area contributed by atoms with E-state index in [1.165, 1.54) is 11.3 Å². The van der Waals surface area contributed by atoms with Gasteiger partial charge in [-0.3, -0.25) is 9.78 Å². The van der Waals surface area contributed by atoms with Crippen molar-refractivity contribution < 1.29 is 4.79 Å². The minimum Gasteiger partial charge on any atom is -0.340 e. The molecule has 0 fully saturated rings.